The van der Waals surface area contributed by atoms with E-state index in [9.17, 15) is 4.79 Å². The van der Waals surface area contributed by atoms with Crippen molar-refractivity contribution in [1.29, 1.82) is 0 Å². The van der Waals surface area contributed by atoms with Crippen LogP contribution in [0.1, 0.15) is 31.7 Å². The first-order chi connectivity index (χ1) is 9.78. The molecule has 2 amide bonds. The number of hydrogen-bond acceptors (Lipinski definition) is 2. The molecule has 1 unspecified atom stereocenters. The summed E-state index contributed by atoms with van der Waals surface area (Å²) in [6.45, 7) is 5.82. The van der Waals surface area contributed by atoms with Gasteiger partial charge in [-0.1, -0.05) is 37.3 Å². The molecule has 20 heavy (non-hydrogen) atoms. The molecule has 1 aliphatic heterocycles. The number of nitrogens with zero attached hydrogens (tertiary/aromatic N) is 1. The van der Waals surface area contributed by atoms with Gasteiger partial charge in [-0.05, 0) is 31.4 Å². The molecule has 1 atom stereocenters. The van der Waals surface area contributed by atoms with Crippen LogP contribution in [0, 0.1) is 0 Å². The summed E-state index contributed by atoms with van der Waals surface area (Å²) in [4.78, 5) is 14.1. The number of urea groups is 1. The van der Waals surface area contributed by atoms with Gasteiger partial charge in [0.25, 0.3) is 0 Å². The highest BCUT2D eigenvalue weighted by Gasteiger charge is 2.21. The molecule has 0 aromatic heterocycles. The molecule has 0 radical (unpaired) electrons. The van der Waals surface area contributed by atoms with Gasteiger partial charge in [0, 0.05) is 25.7 Å². The van der Waals surface area contributed by atoms with E-state index in [0.717, 1.165) is 45.4 Å². The molecule has 0 bridgehead atoms. The average Bonchev–Trinajstić information content (AvgIpc) is 2.46. The van der Waals surface area contributed by atoms with E-state index in [4.69, 9.17) is 0 Å². The summed E-state index contributed by atoms with van der Waals surface area (Å²) >= 11 is 0. The van der Waals surface area contributed by atoms with Crippen LogP contribution in [0.3, 0.4) is 0 Å². The predicted molar refractivity (Wildman–Crippen MR) is 81.6 cm³/mol. The number of carbonyl (C=O) groups is 1. The van der Waals surface area contributed by atoms with Gasteiger partial charge in [0.2, 0.25) is 0 Å². The summed E-state index contributed by atoms with van der Waals surface area (Å²) < 4.78 is 0. The number of likely N-dealkylation sites (tertiary alicyclic amines) is 1. The number of amides is 2. The Bertz CT molecular complexity index is 407. The Kier molecular flexibility index (Phi) is 5.87. The van der Waals surface area contributed by atoms with Crippen LogP contribution in [-0.2, 0) is 6.54 Å². The van der Waals surface area contributed by atoms with Crippen molar-refractivity contribution in [1.82, 2.24) is 15.5 Å². The van der Waals surface area contributed by atoms with E-state index in [2.05, 4.69) is 46.7 Å². The van der Waals surface area contributed by atoms with E-state index < -0.39 is 0 Å². The molecular formula is C16H25N3O. The van der Waals surface area contributed by atoms with E-state index in [0.29, 0.717) is 0 Å². The zero-order valence-electron chi connectivity index (χ0n) is 12.3. The third-order valence-electron chi connectivity index (χ3n) is 3.63. The first-order valence-electron chi connectivity index (χ1n) is 7.58. The lowest BCUT2D eigenvalue weighted by atomic mass is 10.0. The quantitative estimate of drug-likeness (QED) is 0.866. The van der Waals surface area contributed by atoms with E-state index in [1.165, 1.54) is 5.56 Å². The number of hydrogen-bond donors (Lipinski definition) is 2. The van der Waals surface area contributed by atoms with E-state index in [-0.39, 0.29) is 12.1 Å². The van der Waals surface area contributed by atoms with Crippen molar-refractivity contribution in [3.05, 3.63) is 35.9 Å². The summed E-state index contributed by atoms with van der Waals surface area (Å²) in [7, 11) is 0. The molecule has 0 spiro atoms. The zero-order chi connectivity index (χ0) is 14.2. The van der Waals surface area contributed by atoms with Gasteiger partial charge in [0.15, 0.2) is 0 Å². The summed E-state index contributed by atoms with van der Waals surface area (Å²) in [5.74, 6) is 0. The van der Waals surface area contributed by atoms with Gasteiger partial charge in [-0.15, -0.1) is 0 Å². The monoisotopic (exact) mass is 275 g/mol. The minimum absolute atomic E-state index is 0.0292. The molecule has 0 aliphatic carbocycles. The van der Waals surface area contributed by atoms with E-state index >= 15 is 0 Å². The van der Waals surface area contributed by atoms with Crippen LogP contribution < -0.4 is 10.6 Å². The van der Waals surface area contributed by atoms with Crippen molar-refractivity contribution in [3.8, 4) is 0 Å². The number of piperidine rings is 1. The van der Waals surface area contributed by atoms with Crippen LogP contribution in [0.25, 0.3) is 0 Å². The second-order valence-corrected chi connectivity index (χ2v) is 5.46. The van der Waals surface area contributed by atoms with Gasteiger partial charge >= 0.3 is 6.03 Å². The zero-order valence-corrected chi connectivity index (χ0v) is 12.3. The van der Waals surface area contributed by atoms with Crippen LogP contribution in [0.5, 0.6) is 0 Å². The fourth-order valence-corrected chi connectivity index (χ4v) is 2.63. The maximum Gasteiger partial charge on any atom is 0.315 e. The molecule has 4 nitrogen and oxygen atoms in total. The van der Waals surface area contributed by atoms with Crippen LogP contribution in [0.2, 0.25) is 0 Å². The molecule has 1 aromatic rings. The molecule has 1 fully saturated rings. The molecule has 2 rings (SSSR count). The lowest BCUT2D eigenvalue weighted by Crippen LogP contribution is -2.50. The van der Waals surface area contributed by atoms with Crippen molar-refractivity contribution in [3.63, 3.8) is 0 Å². The third kappa shape index (κ3) is 4.85. The highest BCUT2D eigenvalue weighted by atomic mass is 16.2. The number of carbonyl (C=O) groups excluding carboxylic acids is 1. The number of rotatable bonds is 5. The second-order valence-electron chi connectivity index (χ2n) is 5.46. The lowest BCUT2D eigenvalue weighted by molar-refractivity contribution is 0.180. The normalized spacial score (nSPS) is 19.6. The molecule has 4 heteroatoms. The molecular weight excluding hydrogens is 250 g/mol. The molecule has 1 aromatic carbocycles. The first-order valence-corrected chi connectivity index (χ1v) is 7.58. The van der Waals surface area contributed by atoms with Gasteiger partial charge < -0.3 is 10.6 Å². The van der Waals surface area contributed by atoms with Crippen LogP contribution in [0.15, 0.2) is 30.3 Å². The molecule has 0 saturated carbocycles. The fraction of sp³-hybridized carbons (Fsp3) is 0.562. The van der Waals surface area contributed by atoms with E-state index in [1.807, 2.05) is 6.07 Å². The second kappa shape index (κ2) is 7.90. The lowest BCUT2D eigenvalue weighted by Gasteiger charge is -2.33. The minimum Gasteiger partial charge on any atom is -0.338 e. The molecule has 1 aliphatic rings. The van der Waals surface area contributed by atoms with Crippen molar-refractivity contribution < 1.29 is 4.79 Å². The Morgan fingerprint density at radius 2 is 2.15 bits per heavy atom. The largest absolute Gasteiger partial charge is 0.338 e. The SMILES string of the molecule is CCCNC(=O)NC1CCCN(Cc2ccccc2)C1. The summed E-state index contributed by atoms with van der Waals surface area (Å²) in [6.07, 6.45) is 3.19. The Morgan fingerprint density at radius 3 is 2.90 bits per heavy atom. The van der Waals surface area contributed by atoms with Gasteiger partial charge in [0.05, 0.1) is 0 Å². The topological polar surface area (TPSA) is 44.4 Å². The Balaban J connectivity index is 1.78. The molecule has 2 N–H and O–H groups in total. The average molecular weight is 275 g/mol. The molecule has 1 heterocycles. The summed E-state index contributed by atoms with van der Waals surface area (Å²) in [5.41, 5.74) is 1.34. The van der Waals surface area contributed by atoms with Crippen LogP contribution in [0.4, 0.5) is 4.79 Å². The Morgan fingerprint density at radius 1 is 1.35 bits per heavy atom. The highest BCUT2D eigenvalue weighted by Crippen LogP contribution is 2.13. The van der Waals surface area contributed by atoms with Gasteiger partial charge in [-0.25, -0.2) is 4.79 Å². The molecule has 1 saturated heterocycles. The maximum atomic E-state index is 11.7. The minimum atomic E-state index is -0.0292. The number of benzene rings is 1. The Labute approximate surface area is 121 Å². The standard InChI is InChI=1S/C16H25N3O/c1-2-10-17-16(20)18-15-9-6-11-19(13-15)12-14-7-4-3-5-8-14/h3-5,7-8,15H,2,6,9-13H2,1H3,(H2,17,18,20). The number of nitrogens with one attached hydrogen (secondary N) is 2. The van der Waals surface area contributed by atoms with Gasteiger partial charge in [-0.2, -0.15) is 0 Å². The predicted octanol–water partition coefficient (Wildman–Crippen LogP) is 2.36. The maximum absolute atomic E-state index is 11.7. The van der Waals surface area contributed by atoms with E-state index in [1.54, 1.807) is 0 Å². The van der Waals surface area contributed by atoms with Gasteiger partial charge in [-0.3, -0.25) is 4.90 Å². The van der Waals surface area contributed by atoms with Crippen molar-refractivity contribution in [2.75, 3.05) is 19.6 Å². The summed E-state index contributed by atoms with van der Waals surface area (Å²) in [6, 6.07) is 10.8. The van der Waals surface area contributed by atoms with Gasteiger partial charge in [0.1, 0.15) is 0 Å². The summed E-state index contributed by atoms with van der Waals surface area (Å²) in [5, 5.41) is 5.95. The first kappa shape index (κ1) is 14.9. The third-order valence-corrected chi connectivity index (χ3v) is 3.63. The smallest absolute Gasteiger partial charge is 0.315 e. The van der Waals surface area contributed by atoms with Crippen molar-refractivity contribution in [2.45, 2.75) is 38.8 Å². The highest BCUT2D eigenvalue weighted by molar-refractivity contribution is 5.74. The fourth-order valence-electron chi connectivity index (χ4n) is 2.63. The van der Waals surface area contributed by atoms with Crippen molar-refractivity contribution >= 4 is 6.03 Å². The van der Waals surface area contributed by atoms with Crippen molar-refractivity contribution in [2.24, 2.45) is 0 Å². The van der Waals surface area contributed by atoms with Crippen LogP contribution in [-0.4, -0.2) is 36.6 Å². The molecule has 110 valence electrons. The van der Waals surface area contributed by atoms with Crippen LogP contribution >= 0.6 is 0 Å². The Hall–Kier alpha value is -1.55.